The molecule has 3 aromatic rings. The molecular weight excluding hydrogens is 399 g/mol. The van der Waals surface area contributed by atoms with E-state index in [2.05, 4.69) is 4.98 Å². The van der Waals surface area contributed by atoms with Crippen molar-refractivity contribution in [3.63, 3.8) is 0 Å². The van der Waals surface area contributed by atoms with Gasteiger partial charge in [-0.3, -0.25) is 4.57 Å². The maximum Gasteiger partial charge on any atom is 0.353 e. The van der Waals surface area contributed by atoms with Gasteiger partial charge in [0.25, 0.3) is 7.37 Å². The fraction of sp³-hybridized carbons (Fsp3) is 0.100. The van der Waals surface area contributed by atoms with E-state index in [-0.39, 0.29) is 11.0 Å². The number of H-pyrrole nitrogens is 1. The fourth-order valence-corrected chi connectivity index (χ4v) is 5.59. The number of hydrogen-bond acceptors (Lipinski definition) is 4. The zero-order chi connectivity index (χ0) is 20.5. The molecule has 6 nitrogen and oxygen atoms in total. The van der Waals surface area contributed by atoms with Gasteiger partial charge >= 0.3 is 5.97 Å². The smallest absolute Gasteiger partial charge is 0.353 e. The first-order chi connectivity index (χ1) is 13.3. The predicted octanol–water partition coefficient (Wildman–Crippen LogP) is 4.24. The summed E-state index contributed by atoms with van der Waals surface area (Å²) in [7, 11) is -2.51. The summed E-state index contributed by atoms with van der Waals surface area (Å²) < 4.78 is 19.5. The second-order valence-electron chi connectivity index (χ2n) is 6.14. The molecule has 1 heterocycles. The van der Waals surface area contributed by atoms with Gasteiger partial charge in [-0.15, -0.1) is 0 Å². The number of nitrogens with one attached hydrogen (secondary N) is 1. The van der Waals surface area contributed by atoms with Gasteiger partial charge in [-0.05, 0) is 54.5 Å². The van der Waals surface area contributed by atoms with Gasteiger partial charge < -0.3 is 14.6 Å². The lowest BCUT2D eigenvalue weighted by Gasteiger charge is -2.18. The van der Waals surface area contributed by atoms with Crippen LogP contribution in [-0.2, 0) is 9.09 Å². The summed E-state index contributed by atoms with van der Waals surface area (Å²) >= 11 is 6.09. The number of fused-ring (bicyclic) bond motifs is 1. The van der Waals surface area contributed by atoms with Crippen LogP contribution in [0.4, 0.5) is 0 Å². The number of rotatable bonds is 5. The van der Waals surface area contributed by atoms with Crippen molar-refractivity contribution in [1.82, 2.24) is 4.98 Å². The molecule has 1 aromatic heterocycles. The van der Waals surface area contributed by atoms with Crippen molar-refractivity contribution in [1.29, 1.82) is 5.26 Å². The number of nitriles is 1. The topological polar surface area (TPSA) is 103 Å². The van der Waals surface area contributed by atoms with Crippen LogP contribution in [0.5, 0.6) is 0 Å². The van der Waals surface area contributed by atoms with Crippen LogP contribution in [0.3, 0.4) is 0 Å². The Bertz CT molecular complexity index is 1210. The highest BCUT2D eigenvalue weighted by molar-refractivity contribution is 7.75. The minimum Gasteiger partial charge on any atom is -0.477 e. The molecule has 0 fully saturated rings. The van der Waals surface area contributed by atoms with Crippen LogP contribution in [0.2, 0.25) is 5.02 Å². The van der Waals surface area contributed by atoms with Crippen LogP contribution in [0.25, 0.3) is 17.0 Å². The summed E-state index contributed by atoms with van der Waals surface area (Å²) in [5, 5.41) is 19.6. The number of aromatic carboxylic acids is 1. The number of benzene rings is 2. The summed E-state index contributed by atoms with van der Waals surface area (Å²) in [6.45, 7) is 1.82. The number of allylic oxidation sites excluding steroid dienone is 1. The molecule has 0 aliphatic carbocycles. The molecular formula is C20H16ClN2O4P. The number of carboxylic acid groups (broad SMARTS) is 1. The summed E-state index contributed by atoms with van der Waals surface area (Å²) in [6, 6.07) is 11.8. The first kappa shape index (κ1) is 19.9. The normalized spacial score (nSPS) is 13.5. The second kappa shape index (κ2) is 7.65. The Labute approximate surface area is 166 Å². The van der Waals surface area contributed by atoms with Gasteiger partial charge in [0.2, 0.25) is 0 Å². The molecule has 0 saturated heterocycles. The Balaban J connectivity index is 2.36. The molecule has 1 atom stereocenters. The van der Waals surface area contributed by atoms with Crippen LogP contribution in [-0.4, -0.2) is 23.2 Å². The number of nitrogens with zero attached hydrogens (tertiary/aromatic N) is 1. The average molecular weight is 415 g/mol. The Morgan fingerprint density at radius 3 is 2.71 bits per heavy atom. The van der Waals surface area contributed by atoms with E-state index in [1.165, 1.54) is 13.2 Å². The Hall–Kier alpha value is -2.84. The van der Waals surface area contributed by atoms with Crippen molar-refractivity contribution < 1.29 is 19.0 Å². The highest BCUT2D eigenvalue weighted by atomic mass is 35.5. The highest BCUT2D eigenvalue weighted by Crippen LogP contribution is 2.47. The molecule has 0 bridgehead atoms. The van der Waals surface area contributed by atoms with Gasteiger partial charge in [0.05, 0.1) is 11.4 Å². The SMILES string of the molecule is CO[P@](=O)(c1cc(C)cc(/C=C/C#N)c1)c1c(C(=O)O)[nH]c2ccc(Cl)cc12. The third-order valence-corrected chi connectivity index (χ3v) is 7.01. The Kier molecular flexibility index (Phi) is 5.44. The molecule has 2 aromatic carbocycles. The van der Waals surface area contributed by atoms with Gasteiger partial charge in [0.15, 0.2) is 0 Å². The molecule has 8 heteroatoms. The lowest BCUT2D eigenvalue weighted by Crippen LogP contribution is -2.23. The van der Waals surface area contributed by atoms with E-state index in [9.17, 15) is 14.5 Å². The van der Waals surface area contributed by atoms with Gasteiger partial charge in [-0.2, -0.15) is 5.26 Å². The quantitative estimate of drug-likeness (QED) is 0.480. The number of carbonyl (C=O) groups is 1. The minimum absolute atomic E-state index is 0.0563. The average Bonchev–Trinajstić information content (AvgIpc) is 3.04. The standard InChI is InChI=1S/C20H16ClN2O4P/c1-12-8-13(4-3-7-22)10-15(9-12)28(26,27-2)19-16-11-14(21)5-6-17(16)23-18(19)20(24)25/h3-6,8-11,23H,1-2H3,(H,24,25)/b4-3+/t28-/m1/s1. The molecule has 0 radical (unpaired) electrons. The number of halogens is 1. The molecule has 2 N–H and O–H groups in total. The first-order valence-electron chi connectivity index (χ1n) is 8.19. The Morgan fingerprint density at radius 2 is 2.07 bits per heavy atom. The van der Waals surface area contributed by atoms with Crippen LogP contribution in [0, 0.1) is 18.3 Å². The van der Waals surface area contributed by atoms with Crippen molar-refractivity contribution in [2.45, 2.75) is 6.92 Å². The second-order valence-corrected chi connectivity index (χ2v) is 9.01. The summed E-state index contributed by atoms with van der Waals surface area (Å²) in [4.78, 5) is 14.7. The fourth-order valence-electron chi connectivity index (χ4n) is 3.13. The van der Waals surface area contributed by atoms with E-state index in [1.54, 1.807) is 36.4 Å². The number of aromatic nitrogens is 1. The predicted molar refractivity (Wildman–Crippen MR) is 110 cm³/mol. The zero-order valence-corrected chi connectivity index (χ0v) is 16.7. The number of aromatic amines is 1. The van der Waals surface area contributed by atoms with Crippen LogP contribution in [0.15, 0.2) is 42.5 Å². The van der Waals surface area contributed by atoms with E-state index in [0.717, 1.165) is 5.56 Å². The van der Waals surface area contributed by atoms with Crippen molar-refractivity contribution in [3.8, 4) is 6.07 Å². The van der Waals surface area contributed by atoms with E-state index in [4.69, 9.17) is 21.4 Å². The lowest BCUT2D eigenvalue weighted by atomic mass is 10.1. The lowest BCUT2D eigenvalue weighted by molar-refractivity contribution is 0.0692. The molecule has 142 valence electrons. The largest absolute Gasteiger partial charge is 0.477 e. The van der Waals surface area contributed by atoms with Gasteiger partial charge in [-0.25, -0.2) is 4.79 Å². The number of carboxylic acids is 1. The number of aryl methyl sites for hydroxylation is 1. The number of hydrogen-bond donors (Lipinski definition) is 2. The molecule has 0 aliphatic heterocycles. The van der Waals surface area contributed by atoms with E-state index in [0.29, 0.717) is 26.8 Å². The molecule has 0 unspecified atom stereocenters. The van der Waals surface area contributed by atoms with Crippen molar-refractivity contribution in [3.05, 3.63) is 64.3 Å². The Morgan fingerprint density at radius 1 is 1.32 bits per heavy atom. The van der Waals surface area contributed by atoms with Gasteiger partial charge in [-0.1, -0.05) is 17.7 Å². The van der Waals surface area contributed by atoms with Crippen LogP contribution in [0.1, 0.15) is 21.6 Å². The molecule has 0 aliphatic rings. The van der Waals surface area contributed by atoms with E-state index in [1.807, 2.05) is 19.1 Å². The van der Waals surface area contributed by atoms with Crippen molar-refractivity contribution >= 4 is 52.5 Å². The molecule has 3 rings (SSSR count). The third-order valence-electron chi connectivity index (χ3n) is 4.27. The molecule has 0 amide bonds. The maximum absolute atomic E-state index is 14.0. The first-order valence-corrected chi connectivity index (χ1v) is 10.2. The summed E-state index contributed by atoms with van der Waals surface area (Å²) in [5.41, 5.74) is 1.73. The molecule has 0 saturated carbocycles. The highest BCUT2D eigenvalue weighted by Gasteiger charge is 2.36. The molecule has 0 spiro atoms. The minimum atomic E-state index is -3.79. The van der Waals surface area contributed by atoms with Crippen LogP contribution >= 0.6 is 19.0 Å². The van der Waals surface area contributed by atoms with E-state index >= 15 is 0 Å². The zero-order valence-electron chi connectivity index (χ0n) is 15.1. The van der Waals surface area contributed by atoms with Crippen LogP contribution < -0.4 is 10.6 Å². The summed E-state index contributed by atoms with van der Waals surface area (Å²) in [6.07, 6.45) is 2.89. The summed E-state index contributed by atoms with van der Waals surface area (Å²) in [5.74, 6) is -1.25. The third kappa shape index (κ3) is 3.48. The monoisotopic (exact) mass is 414 g/mol. The van der Waals surface area contributed by atoms with Gasteiger partial charge in [0, 0.05) is 34.4 Å². The maximum atomic E-state index is 14.0. The van der Waals surface area contributed by atoms with Gasteiger partial charge in [0.1, 0.15) is 5.69 Å². The van der Waals surface area contributed by atoms with Crippen molar-refractivity contribution in [2.24, 2.45) is 0 Å². The van der Waals surface area contributed by atoms with Crippen molar-refractivity contribution in [2.75, 3.05) is 7.11 Å². The van der Waals surface area contributed by atoms with E-state index < -0.39 is 13.3 Å². The molecule has 28 heavy (non-hydrogen) atoms.